The lowest BCUT2D eigenvalue weighted by atomic mass is 10.0. The molecule has 82 heavy (non-hydrogen) atoms. The van der Waals surface area contributed by atoms with Crippen LogP contribution in [0.25, 0.3) is 0 Å². The Labute approximate surface area is 509 Å². The highest BCUT2D eigenvalue weighted by Crippen LogP contribution is 2.18. The first-order valence-corrected chi connectivity index (χ1v) is 35.6. The van der Waals surface area contributed by atoms with Gasteiger partial charge in [0.15, 0.2) is 6.10 Å². The van der Waals surface area contributed by atoms with Gasteiger partial charge in [-0.05, 0) is 89.9 Å². The molecule has 0 aromatic carbocycles. The van der Waals surface area contributed by atoms with Crippen molar-refractivity contribution < 1.29 is 28.6 Å². The van der Waals surface area contributed by atoms with E-state index >= 15 is 0 Å². The van der Waals surface area contributed by atoms with Gasteiger partial charge in [0, 0.05) is 19.3 Å². The summed E-state index contributed by atoms with van der Waals surface area (Å²) in [6, 6.07) is 0. The van der Waals surface area contributed by atoms with Crippen LogP contribution in [0.5, 0.6) is 0 Å². The highest BCUT2D eigenvalue weighted by molar-refractivity contribution is 5.71. The third kappa shape index (κ3) is 67.4. The molecule has 0 amide bonds. The molecule has 0 rings (SSSR count). The molecule has 0 bridgehead atoms. The van der Waals surface area contributed by atoms with Crippen molar-refractivity contribution in [3.8, 4) is 0 Å². The summed E-state index contributed by atoms with van der Waals surface area (Å²) in [6.45, 7) is 6.47. The minimum atomic E-state index is -0.801. The fraction of sp³-hybridized carbons (Fsp3) is 0.776. The maximum absolute atomic E-state index is 12.9. The molecule has 474 valence electrons. The highest BCUT2D eigenvalue weighted by Gasteiger charge is 2.19. The van der Waals surface area contributed by atoms with Crippen LogP contribution in [0.15, 0.2) is 85.1 Å². The lowest BCUT2D eigenvalue weighted by Gasteiger charge is -2.18. The zero-order valence-corrected chi connectivity index (χ0v) is 54.5. The van der Waals surface area contributed by atoms with Crippen LogP contribution in [-0.2, 0) is 28.6 Å². The first-order valence-electron chi connectivity index (χ1n) is 35.6. The Bertz CT molecular complexity index is 1550. The Morgan fingerprint density at radius 1 is 0.256 bits per heavy atom. The van der Waals surface area contributed by atoms with Crippen LogP contribution in [0, 0.1) is 0 Å². The van der Waals surface area contributed by atoms with E-state index in [1.807, 2.05) is 0 Å². The van der Waals surface area contributed by atoms with E-state index in [4.69, 9.17) is 14.2 Å². The molecule has 0 aliphatic heterocycles. The van der Waals surface area contributed by atoms with Crippen LogP contribution in [0.2, 0.25) is 0 Å². The molecule has 0 aliphatic carbocycles. The van der Waals surface area contributed by atoms with Crippen molar-refractivity contribution in [2.75, 3.05) is 13.2 Å². The van der Waals surface area contributed by atoms with Crippen LogP contribution in [-0.4, -0.2) is 37.2 Å². The number of carbonyl (C=O) groups is 3. The second kappa shape index (κ2) is 70.1. The molecule has 0 saturated carbocycles. The van der Waals surface area contributed by atoms with Gasteiger partial charge in [-0.15, -0.1) is 0 Å². The molecule has 0 N–H and O–H groups in total. The van der Waals surface area contributed by atoms with E-state index in [-0.39, 0.29) is 37.5 Å². The van der Waals surface area contributed by atoms with Gasteiger partial charge in [0.1, 0.15) is 13.2 Å². The molecule has 0 saturated heterocycles. The largest absolute Gasteiger partial charge is 0.462 e. The van der Waals surface area contributed by atoms with E-state index in [0.717, 1.165) is 128 Å². The Morgan fingerprint density at radius 2 is 0.500 bits per heavy atom. The lowest BCUT2D eigenvalue weighted by molar-refractivity contribution is -0.167. The van der Waals surface area contributed by atoms with Crippen LogP contribution >= 0.6 is 0 Å². The average molecular weight is 1140 g/mol. The third-order valence-corrected chi connectivity index (χ3v) is 15.6. The number of ether oxygens (including phenoxy) is 3. The molecule has 0 fully saturated rings. The van der Waals surface area contributed by atoms with E-state index in [1.54, 1.807) is 0 Å². The van der Waals surface area contributed by atoms with Crippen LogP contribution in [0.3, 0.4) is 0 Å². The lowest BCUT2D eigenvalue weighted by Crippen LogP contribution is -2.30. The van der Waals surface area contributed by atoms with Gasteiger partial charge in [0.05, 0.1) is 0 Å². The molecular formula is C76H134O6. The first-order chi connectivity index (χ1) is 40.5. The van der Waals surface area contributed by atoms with Gasteiger partial charge in [0.2, 0.25) is 0 Å². The number of hydrogen-bond donors (Lipinski definition) is 0. The Kier molecular flexibility index (Phi) is 67.2. The molecule has 0 radical (unpaired) electrons. The number of rotatable bonds is 65. The van der Waals surface area contributed by atoms with Gasteiger partial charge in [-0.3, -0.25) is 14.4 Å². The van der Waals surface area contributed by atoms with E-state index in [1.165, 1.54) is 193 Å². The summed E-state index contributed by atoms with van der Waals surface area (Å²) in [5, 5.41) is 0. The third-order valence-electron chi connectivity index (χ3n) is 15.6. The Hall–Kier alpha value is -3.41. The van der Waals surface area contributed by atoms with Gasteiger partial charge >= 0.3 is 17.9 Å². The second-order valence-corrected chi connectivity index (χ2v) is 23.8. The van der Waals surface area contributed by atoms with Crippen molar-refractivity contribution in [3.05, 3.63) is 85.1 Å². The predicted octanol–water partition coefficient (Wildman–Crippen LogP) is 24.6. The van der Waals surface area contributed by atoms with Gasteiger partial charge in [-0.2, -0.15) is 0 Å². The molecule has 0 aliphatic rings. The summed E-state index contributed by atoms with van der Waals surface area (Å²) >= 11 is 0. The van der Waals surface area contributed by atoms with Crippen molar-refractivity contribution in [1.29, 1.82) is 0 Å². The van der Waals surface area contributed by atoms with Crippen LogP contribution in [0.4, 0.5) is 0 Å². The van der Waals surface area contributed by atoms with E-state index in [0.29, 0.717) is 12.8 Å². The molecule has 1 unspecified atom stereocenters. The van der Waals surface area contributed by atoms with E-state index in [9.17, 15) is 14.4 Å². The molecule has 6 nitrogen and oxygen atoms in total. The van der Waals surface area contributed by atoms with Gasteiger partial charge in [-0.1, -0.05) is 337 Å². The molecule has 0 heterocycles. The summed E-state index contributed by atoms with van der Waals surface area (Å²) in [6.07, 6.45) is 93.5. The fourth-order valence-corrected chi connectivity index (χ4v) is 10.3. The maximum Gasteiger partial charge on any atom is 0.306 e. The molecule has 0 spiro atoms. The Morgan fingerprint density at radius 3 is 0.805 bits per heavy atom. The smallest absolute Gasteiger partial charge is 0.306 e. The quantitative estimate of drug-likeness (QED) is 0.0261. The summed E-state index contributed by atoms with van der Waals surface area (Å²) in [7, 11) is 0. The highest BCUT2D eigenvalue weighted by atomic mass is 16.6. The zero-order chi connectivity index (χ0) is 59.2. The minimum Gasteiger partial charge on any atom is -0.462 e. The van der Waals surface area contributed by atoms with Gasteiger partial charge in [-0.25, -0.2) is 0 Å². The number of allylic oxidation sites excluding steroid dienone is 14. The van der Waals surface area contributed by atoms with Crippen LogP contribution < -0.4 is 0 Å². The van der Waals surface area contributed by atoms with E-state index in [2.05, 4.69) is 106 Å². The number of esters is 3. The van der Waals surface area contributed by atoms with E-state index < -0.39 is 6.10 Å². The normalized spacial score (nSPS) is 12.6. The zero-order valence-electron chi connectivity index (χ0n) is 54.5. The Balaban J connectivity index is 4.19. The van der Waals surface area contributed by atoms with Crippen molar-refractivity contribution >= 4 is 17.9 Å². The molecule has 0 aromatic heterocycles. The number of carbonyl (C=O) groups excluding carboxylic acids is 3. The number of unbranched alkanes of at least 4 members (excludes halogenated alkanes) is 40. The van der Waals surface area contributed by atoms with Gasteiger partial charge in [0.25, 0.3) is 0 Å². The van der Waals surface area contributed by atoms with Crippen molar-refractivity contribution in [3.63, 3.8) is 0 Å². The molecule has 6 heteroatoms. The van der Waals surface area contributed by atoms with Crippen molar-refractivity contribution in [1.82, 2.24) is 0 Å². The summed E-state index contributed by atoms with van der Waals surface area (Å²) in [5.74, 6) is -0.925. The molecular weight excluding hydrogens is 1010 g/mol. The maximum atomic E-state index is 12.9. The first kappa shape index (κ1) is 78.6. The monoisotopic (exact) mass is 1140 g/mol. The molecule has 0 aromatic rings. The predicted molar refractivity (Wildman–Crippen MR) is 358 cm³/mol. The second-order valence-electron chi connectivity index (χ2n) is 23.8. The van der Waals surface area contributed by atoms with Crippen molar-refractivity contribution in [2.45, 2.75) is 367 Å². The average Bonchev–Trinajstić information content (AvgIpc) is 3.47. The van der Waals surface area contributed by atoms with Gasteiger partial charge < -0.3 is 14.2 Å². The molecule has 1 atom stereocenters. The van der Waals surface area contributed by atoms with Crippen LogP contribution in [0.1, 0.15) is 361 Å². The summed E-state index contributed by atoms with van der Waals surface area (Å²) < 4.78 is 16.9. The summed E-state index contributed by atoms with van der Waals surface area (Å²) in [5.41, 5.74) is 0. The SMILES string of the molecule is CC/C=C\C/C=C\C/C=C\C/C=C\C/C=C\CCCCCC(=O)OC(COC(=O)CCCCCCC/C=C\C/C=C\CCC)COC(=O)CCCCCCCCCCCCCCCCCCCCCCCCCCCCCCCCCC. The minimum absolute atomic E-state index is 0.0922. The topological polar surface area (TPSA) is 78.9 Å². The number of hydrogen-bond acceptors (Lipinski definition) is 6. The van der Waals surface area contributed by atoms with Crippen molar-refractivity contribution in [2.24, 2.45) is 0 Å². The standard InChI is InChI=1S/C76H134O6/c1-4-7-10-13-16-19-22-25-27-29-31-32-33-34-35-36-37-38-39-40-41-42-43-45-46-48-51-54-57-60-63-66-69-75(78)81-72-73(71-80-74(77)68-65-62-59-56-53-50-24-21-18-15-12-9-6-3)82-76(79)70-67-64-61-58-55-52-49-47-44-30-28-26-23-20-17-14-11-8-5-2/h8,11-12,15,17,20-21,24,26,28,44,47,52,55,73H,4-7,9-10,13-14,16,18-19,22-23,25,27,29-43,45-46,48-51,53-54,56-72H2,1-3H3/b11-8-,15-12-,20-17-,24-21-,28-26-,47-44-,55-52-. The summed E-state index contributed by atoms with van der Waals surface area (Å²) in [4.78, 5) is 38.4. The fourth-order valence-electron chi connectivity index (χ4n) is 10.3.